The number of benzene rings is 1. The van der Waals surface area contributed by atoms with Crippen molar-refractivity contribution in [3.05, 3.63) is 90.1 Å². The number of piperidine rings is 1. The Morgan fingerprint density at radius 1 is 0.967 bits per heavy atom. The van der Waals surface area contributed by atoms with Crippen LogP contribution in [0.3, 0.4) is 0 Å². The lowest BCUT2D eigenvalue weighted by atomic mass is 9.97. The number of likely N-dealkylation sites (tertiary alicyclic amines) is 1. The normalized spacial score (nSPS) is 17.3. The second-order valence-corrected chi connectivity index (χ2v) is 7.96. The summed E-state index contributed by atoms with van der Waals surface area (Å²) in [5, 5.41) is 8.30. The van der Waals surface area contributed by atoms with Gasteiger partial charge in [-0.2, -0.15) is 5.10 Å². The van der Waals surface area contributed by atoms with Crippen molar-refractivity contribution >= 4 is 11.3 Å². The number of hydrogen-bond acceptors (Lipinski definition) is 5. The fraction of sp³-hybridized carbons (Fsp3) is 0.292. The van der Waals surface area contributed by atoms with Crippen LogP contribution in [0, 0.1) is 0 Å². The van der Waals surface area contributed by atoms with Crippen molar-refractivity contribution in [3.63, 3.8) is 0 Å². The topological polar surface area (TPSA) is 58.4 Å². The number of rotatable bonds is 6. The molecule has 3 aromatic heterocycles. The van der Waals surface area contributed by atoms with Crippen LogP contribution in [0.25, 0.3) is 5.65 Å². The van der Waals surface area contributed by atoms with E-state index in [0.717, 1.165) is 49.8 Å². The van der Waals surface area contributed by atoms with Gasteiger partial charge in [-0.05, 0) is 54.8 Å². The Labute approximate surface area is 176 Å². The van der Waals surface area contributed by atoms with Gasteiger partial charge in [0.2, 0.25) is 0 Å². The summed E-state index contributed by atoms with van der Waals surface area (Å²) in [5.74, 6) is 1.33. The van der Waals surface area contributed by atoms with Crippen molar-refractivity contribution in [2.24, 2.45) is 0 Å². The van der Waals surface area contributed by atoms with E-state index in [-0.39, 0.29) is 0 Å². The summed E-state index contributed by atoms with van der Waals surface area (Å²) in [5.41, 5.74) is 4.52. The SMILES string of the molecule is c1ccc(CNc2ccc3nc(C4CCCN(Cc5ccncc5)C4)nn3c2)cc1. The molecule has 1 fully saturated rings. The molecule has 4 aromatic rings. The van der Waals surface area contributed by atoms with Gasteiger partial charge in [-0.1, -0.05) is 30.3 Å². The summed E-state index contributed by atoms with van der Waals surface area (Å²) in [4.78, 5) is 11.4. The monoisotopic (exact) mass is 398 g/mol. The summed E-state index contributed by atoms with van der Waals surface area (Å²) in [6.45, 7) is 3.87. The third kappa shape index (κ3) is 4.33. The van der Waals surface area contributed by atoms with Gasteiger partial charge in [-0.3, -0.25) is 9.88 Å². The molecule has 4 heterocycles. The van der Waals surface area contributed by atoms with Crippen molar-refractivity contribution in [3.8, 4) is 0 Å². The largest absolute Gasteiger partial charge is 0.380 e. The molecule has 6 nitrogen and oxygen atoms in total. The lowest BCUT2D eigenvalue weighted by Gasteiger charge is -2.31. The maximum Gasteiger partial charge on any atom is 0.156 e. The lowest BCUT2D eigenvalue weighted by molar-refractivity contribution is 0.196. The summed E-state index contributed by atoms with van der Waals surface area (Å²) >= 11 is 0. The second kappa shape index (κ2) is 8.63. The Balaban J connectivity index is 1.27. The summed E-state index contributed by atoms with van der Waals surface area (Å²) < 4.78 is 1.91. The van der Waals surface area contributed by atoms with Gasteiger partial charge in [0.25, 0.3) is 0 Å². The van der Waals surface area contributed by atoms with Crippen LogP contribution in [0.4, 0.5) is 5.69 Å². The highest BCUT2D eigenvalue weighted by molar-refractivity contribution is 5.49. The van der Waals surface area contributed by atoms with Gasteiger partial charge in [-0.25, -0.2) is 9.50 Å². The Kier molecular flexibility index (Phi) is 5.40. The number of anilines is 1. The van der Waals surface area contributed by atoms with Gasteiger partial charge >= 0.3 is 0 Å². The van der Waals surface area contributed by atoms with E-state index < -0.39 is 0 Å². The molecule has 1 atom stereocenters. The van der Waals surface area contributed by atoms with Gasteiger partial charge in [-0.15, -0.1) is 0 Å². The van der Waals surface area contributed by atoms with Crippen molar-refractivity contribution in [1.82, 2.24) is 24.5 Å². The number of fused-ring (bicyclic) bond motifs is 1. The Bertz CT molecular complexity index is 1090. The van der Waals surface area contributed by atoms with Crippen LogP contribution in [-0.2, 0) is 13.1 Å². The molecule has 6 heteroatoms. The van der Waals surface area contributed by atoms with Gasteiger partial charge in [0, 0.05) is 37.9 Å². The quantitative estimate of drug-likeness (QED) is 0.530. The number of nitrogens with one attached hydrogen (secondary N) is 1. The van der Waals surface area contributed by atoms with E-state index in [4.69, 9.17) is 10.1 Å². The van der Waals surface area contributed by atoms with E-state index >= 15 is 0 Å². The van der Waals surface area contributed by atoms with Gasteiger partial charge in [0.1, 0.15) is 0 Å². The van der Waals surface area contributed by atoms with E-state index in [0.29, 0.717) is 5.92 Å². The van der Waals surface area contributed by atoms with E-state index in [1.807, 2.05) is 35.2 Å². The van der Waals surface area contributed by atoms with E-state index in [9.17, 15) is 0 Å². The minimum Gasteiger partial charge on any atom is -0.380 e. The molecule has 0 amide bonds. The highest BCUT2D eigenvalue weighted by atomic mass is 15.3. The van der Waals surface area contributed by atoms with Gasteiger partial charge in [0.15, 0.2) is 11.5 Å². The first kappa shape index (κ1) is 18.8. The zero-order valence-corrected chi connectivity index (χ0v) is 17.0. The zero-order chi connectivity index (χ0) is 20.2. The molecule has 0 radical (unpaired) electrons. The molecule has 1 aliphatic heterocycles. The first-order chi connectivity index (χ1) is 14.8. The van der Waals surface area contributed by atoms with Crippen LogP contribution in [-0.4, -0.2) is 37.6 Å². The molecule has 0 saturated carbocycles. The van der Waals surface area contributed by atoms with Crippen LogP contribution in [0.1, 0.15) is 35.7 Å². The van der Waals surface area contributed by atoms with E-state index in [1.165, 1.54) is 17.5 Å². The molecule has 0 bridgehead atoms. The third-order valence-electron chi connectivity index (χ3n) is 5.71. The minimum atomic E-state index is 0.376. The van der Waals surface area contributed by atoms with E-state index in [2.05, 4.69) is 57.7 Å². The number of aromatic nitrogens is 4. The van der Waals surface area contributed by atoms with Crippen molar-refractivity contribution in [1.29, 1.82) is 0 Å². The van der Waals surface area contributed by atoms with Crippen LogP contribution >= 0.6 is 0 Å². The average Bonchev–Trinajstić information content (AvgIpc) is 3.23. The molecule has 1 saturated heterocycles. The molecular weight excluding hydrogens is 372 g/mol. The lowest BCUT2D eigenvalue weighted by Crippen LogP contribution is -2.34. The molecular formula is C24H26N6. The summed E-state index contributed by atoms with van der Waals surface area (Å²) in [6.07, 6.45) is 8.08. The van der Waals surface area contributed by atoms with Gasteiger partial charge in [0.05, 0.1) is 11.9 Å². The van der Waals surface area contributed by atoms with Crippen molar-refractivity contribution in [2.75, 3.05) is 18.4 Å². The molecule has 30 heavy (non-hydrogen) atoms. The predicted molar refractivity (Wildman–Crippen MR) is 118 cm³/mol. The number of pyridine rings is 2. The zero-order valence-electron chi connectivity index (χ0n) is 17.0. The molecule has 1 unspecified atom stereocenters. The maximum absolute atomic E-state index is 4.82. The standard InChI is InChI=1S/C24H26N6/c1-2-5-19(6-3-1)15-26-22-8-9-23-27-24(28-30(23)18-22)21-7-4-14-29(17-21)16-20-10-12-25-13-11-20/h1-3,5-6,8-13,18,21,26H,4,7,14-17H2. The molecule has 0 aliphatic carbocycles. The first-order valence-corrected chi connectivity index (χ1v) is 10.6. The third-order valence-corrected chi connectivity index (χ3v) is 5.71. The number of nitrogens with zero attached hydrogens (tertiary/aromatic N) is 5. The van der Waals surface area contributed by atoms with Crippen LogP contribution < -0.4 is 5.32 Å². The number of hydrogen-bond donors (Lipinski definition) is 1. The van der Waals surface area contributed by atoms with E-state index in [1.54, 1.807) is 0 Å². The van der Waals surface area contributed by atoms with Gasteiger partial charge < -0.3 is 5.32 Å². The molecule has 1 N–H and O–H groups in total. The Morgan fingerprint density at radius 3 is 2.70 bits per heavy atom. The Morgan fingerprint density at radius 2 is 1.83 bits per heavy atom. The Hall–Kier alpha value is -3.25. The first-order valence-electron chi connectivity index (χ1n) is 10.6. The maximum atomic E-state index is 4.82. The van der Waals surface area contributed by atoms with Crippen molar-refractivity contribution in [2.45, 2.75) is 31.8 Å². The fourth-order valence-corrected chi connectivity index (χ4v) is 4.13. The second-order valence-electron chi connectivity index (χ2n) is 7.96. The average molecular weight is 399 g/mol. The predicted octanol–water partition coefficient (Wildman–Crippen LogP) is 4.12. The van der Waals surface area contributed by atoms with Crippen LogP contribution in [0.2, 0.25) is 0 Å². The highest BCUT2D eigenvalue weighted by Gasteiger charge is 2.24. The molecule has 1 aliphatic rings. The summed E-state index contributed by atoms with van der Waals surface area (Å²) in [7, 11) is 0. The highest BCUT2D eigenvalue weighted by Crippen LogP contribution is 2.26. The minimum absolute atomic E-state index is 0.376. The van der Waals surface area contributed by atoms with Crippen molar-refractivity contribution < 1.29 is 0 Å². The van der Waals surface area contributed by atoms with Crippen LogP contribution in [0.15, 0.2) is 73.2 Å². The summed E-state index contributed by atoms with van der Waals surface area (Å²) in [6, 6.07) is 18.7. The molecule has 152 valence electrons. The smallest absolute Gasteiger partial charge is 0.156 e. The molecule has 1 aromatic carbocycles. The fourth-order valence-electron chi connectivity index (χ4n) is 4.13. The van der Waals surface area contributed by atoms with Crippen LogP contribution in [0.5, 0.6) is 0 Å². The molecule has 5 rings (SSSR count). The molecule has 0 spiro atoms.